The number of aliphatic hydroxyl groups excluding tert-OH is 1. The van der Waals surface area contributed by atoms with Gasteiger partial charge in [0.1, 0.15) is 5.25 Å². The van der Waals surface area contributed by atoms with E-state index in [1.54, 1.807) is 19.1 Å². The average Bonchev–Trinajstić information content (AvgIpc) is 2.47. The number of nitrogens with one attached hydrogen (secondary N) is 1. The number of hydrogen-bond donors (Lipinski definition) is 2. The zero-order valence-electron chi connectivity index (χ0n) is 12.1. The molecule has 0 radical (unpaired) electrons. The molecule has 1 aromatic carbocycles. The van der Waals surface area contributed by atoms with E-state index in [9.17, 15) is 9.00 Å². The standard InChI is InChI=1S/C15H23NO3S/c1-3-4-9-16-15(18)12(2)20(19)11-14-7-5-13(10-17)6-8-14/h5-8,12,17H,3-4,9-11H2,1-2H3,(H,16,18). The highest BCUT2D eigenvalue weighted by molar-refractivity contribution is 7.85. The van der Waals surface area contributed by atoms with Gasteiger partial charge in [-0.25, -0.2) is 0 Å². The van der Waals surface area contributed by atoms with Gasteiger partial charge in [0.05, 0.1) is 6.61 Å². The third-order valence-electron chi connectivity index (χ3n) is 3.11. The molecular weight excluding hydrogens is 274 g/mol. The van der Waals surface area contributed by atoms with E-state index in [-0.39, 0.29) is 12.5 Å². The third-order valence-corrected chi connectivity index (χ3v) is 4.73. The van der Waals surface area contributed by atoms with Gasteiger partial charge in [0.25, 0.3) is 0 Å². The number of hydrogen-bond acceptors (Lipinski definition) is 3. The maximum atomic E-state index is 12.1. The van der Waals surface area contributed by atoms with Gasteiger partial charge in [-0.15, -0.1) is 0 Å². The van der Waals surface area contributed by atoms with Gasteiger partial charge in [-0.3, -0.25) is 9.00 Å². The molecule has 2 atom stereocenters. The van der Waals surface area contributed by atoms with Gasteiger partial charge in [0.15, 0.2) is 0 Å². The summed E-state index contributed by atoms with van der Waals surface area (Å²) in [6, 6.07) is 7.29. The first-order valence-corrected chi connectivity index (χ1v) is 8.30. The second-order valence-corrected chi connectivity index (χ2v) is 6.54. The van der Waals surface area contributed by atoms with E-state index in [4.69, 9.17) is 5.11 Å². The van der Waals surface area contributed by atoms with Crippen LogP contribution in [0.25, 0.3) is 0 Å². The fraction of sp³-hybridized carbons (Fsp3) is 0.533. The Kier molecular flexibility index (Phi) is 7.47. The molecule has 0 fully saturated rings. The van der Waals surface area contributed by atoms with Gasteiger partial charge in [0.2, 0.25) is 5.91 Å². The first-order chi connectivity index (χ1) is 9.58. The molecule has 0 aromatic heterocycles. The molecule has 112 valence electrons. The minimum absolute atomic E-state index is 0.000390. The monoisotopic (exact) mass is 297 g/mol. The van der Waals surface area contributed by atoms with Gasteiger partial charge >= 0.3 is 0 Å². The van der Waals surface area contributed by atoms with Crippen LogP contribution in [0.15, 0.2) is 24.3 Å². The summed E-state index contributed by atoms with van der Waals surface area (Å²) in [4.78, 5) is 11.8. The smallest absolute Gasteiger partial charge is 0.235 e. The normalized spacial score (nSPS) is 13.8. The summed E-state index contributed by atoms with van der Waals surface area (Å²) in [7, 11) is -1.23. The Morgan fingerprint density at radius 2 is 1.90 bits per heavy atom. The number of benzene rings is 1. The molecule has 0 saturated heterocycles. The summed E-state index contributed by atoms with van der Waals surface area (Å²) in [6.07, 6.45) is 1.96. The largest absolute Gasteiger partial charge is 0.392 e. The van der Waals surface area contributed by atoms with E-state index in [2.05, 4.69) is 12.2 Å². The zero-order chi connectivity index (χ0) is 15.0. The van der Waals surface area contributed by atoms with Gasteiger partial charge in [0, 0.05) is 23.1 Å². The van der Waals surface area contributed by atoms with Crippen molar-refractivity contribution in [3.05, 3.63) is 35.4 Å². The van der Waals surface area contributed by atoms with Crippen LogP contribution in [-0.2, 0) is 28.0 Å². The Morgan fingerprint density at radius 1 is 1.30 bits per heavy atom. The fourth-order valence-electron chi connectivity index (χ4n) is 1.68. The lowest BCUT2D eigenvalue weighted by atomic mass is 10.2. The van der Waals surface area contributed by atoms with Crippen molar-refractivity contribution in [3.63, 3.8) is 0 Å². The average molecular weight is 297 g/mol. The Hall–Kier alpha value is -1.20. The molecular formula is C15H23NO3S. The molecule has 2 N–H and O–H groups in total. The summed E-state index contributed by atoms with van der Waals surface area (Å²) in [5.41, 5.74) is 1.73. The second kappa shape index (κ2) is 8.87. The lowest BCUT2D eigenvalue weighted by molar-refractivity contribution is -0.120. The van der Waals surface area contributed by atoms with Gasteiger partial charge in [-0.2, -0.15) is 0 Å². The van der Waals surface area contributed by atoms with Crippen molar-refractivity contribution in [2.45, 2.75) is 44.3 Å². The molecule has 0 heterocycles. The highest BCUT2D eigenvalue weighted by Gasteiger charge is 2.19. The Balaban J connectivity index is 2.49. The summed E-state index contributed by atoms with van der Waals surface area (Å²) < 4.78 is 12.1. The molecule has 1 amide bonds. The molecule has 0 aliphatic heterocycles. The van der Waals surface area contributed by atoms with Crippen molar-refractivity contribution in [2.24, 2.45) is 0 Å². The molecule has 0 saturated carbocycles. The Bertz CT molecular complexity index is 445. The van der Waals surface area contributed by atoms with Crippen LogP contribution in [0.5, 0.6) is 0 Å². The molecule has 1 aromatic rings. The summed E-state index contributed by atoms with van der Waals surface area (Å²) in [5.74, 6) is 0.206. The number of carbonyl (C=O) groups excluding carboxylic acids is 1. The predicted octanol–water partition coefficient (Wildman–Crippen LogP) is 1.73. The number of aliphatic hydroxyl groups is 1. The zero-order valence-corrected chi connectivity index (χ0v) is 12.9. The first-order valence-electron chi connectivity index (χ1n) is 6.92. The van der Waals surface area contributed by atoms with Crippen LogP contribution in [-0.4, -0.2) is 27.0 Å². The van der Waals surface area contributed by atoms with E-state index >= 15 is 0 Å². The number of amides is 1. The third kappa shape index (κ3) is 5.43. The summed E-state index contributed by atoms with van der Waals surface area (Å²) in [6.45, 7) is 4.39. The van der Waals surface area contributed by atoms with E-state index in [0.29, 0.717) is 12.3 Å². The predicted molar refractivity (Wildman–Crippen MR) is 81.6 cm³/mol. The van der Waals surface area contributed by atoms with Gasteiger partial charge in [-0.05, 0) is 24.5 Å². The summed E-state index contributed by atoms with van der Waals surface area (Å²) in [5, 5.41) is 11.3. The molecule has 0 bridgehead atoms. The van der Waals surface area contributed by atoms with Crippen LogP contribution in [0.4, 0.5) is 0 Å². The molecule has 4 nitrogen and oxygen atoms in total. The van der Waals surface area contributed by atoms with Gasteiger partial charge in [-0.1, -0.05) is 37.6 Å². The number of unbranched alkanes of at least 4 members (excludes halogenated alkanes) is 1. The van der Waals surface area contributed by atoms with Crippen molar-refractivity contribution in [3.8, 4) is 0 Å². The SMILES string of the molecule is CCCCNC(=O)C(C)S(=O)Cc1ccc(CO)cc1. The van der Waals surface area contributed by atoms with Crippen LogP contribution in [0.3, 0.4) is 0 Å². The fourth-order valence-corrected chi connectivity index (χ4v) is 2.77. The van der Waals surface area contributed by atoms with Crippen molar-refractivity contribution < 1.29 is 14.1 Å². The van der Waals surface area contributed by atoms with Crippen LogP contribution in [0.1, 0.15) is 37.8 Å². The van der Waals surface area contributed by atoms with Crippen molar-refractivity contribution in [1.29, 1.82) is 0 Å². The van der Waals surface area contributed by atoms with Crippen molar-refractivity contribution in [2.75, 3.05) is 6.54 Å². The van der Waals surface area contributed by atoms with E-state index in [0.717, 1.165) is 24.0 Å². The Labute approximate surface area is 123 Å². The molecule has 0 aliphatic rings. The summed E-state index contributed by atoms with van der Waals surface area (Å²) >= 11 is 0. The first kappa shape index (κ1) is 16.9. The van der Waals surface area contributed by atoms with Crippen LogP contribution >= 0.6 is 0 Å². The second-order valence-electron chi connectivity index (χ2n) is 4.79. The molecule has 2 unspecified atom stereocenters. The van der Waals surface area contributed by atoms with Crippen molar-refractivity contribution in [1.82, 2.24) is 5.32 Å². The lowest BCUT2D eigenvalue weighted by Gasteiger charge is -2.12. The molecule has 5 heteroatoms. The van der Waals surface area contributed by atoms with E-state index in [1.165, 1.54) is 0 Å². The Morgan fingerprint density at radius 3 is 2.45 bits per heavy atom. The minimum atomic E-state index is -1.23. The van der Waals surface area contributed by atoms with Gasteiger partial charge < -0.3 is 10.4 Å². The maximum absolute atomic E-state index is 12.1. The van der Waals surface area contributed by atoms with E-state index in [1.807, 2.05) is 12.1 Å². The topological polar surface area (TPSA) is 66.4 Å². The molecule has 0 spiro atoms. The van der Waals surface area contributed by atoms with Crippen molar-refractivity contribution >= 4 is 16.7 Å². The number of rotatable bonds is 8. The number of carbonyl (C=O) groups is 1. The van der Waals surface area contributed by atoms with Crippen LogP contribution < -0.4 is 5.32 Å². The van der Waals surface area contributed by atoms with E-state index < -0.39 is 16.0 Å². The maximum Gasteiger partial charge on any atom is 0.235 e. The lowest BCUT2D eigenvalue weighted by Crippen LogP contribution is -2.36. The highest BCUT2D eigenvalue weighted by atomic mass is 32.2. The molecule has 0 aliphatic carbocycles. The molecule has 1 rings (SSSR count). The van der Waals surface area contributed by atoms with Crippen LogP contribution in [0.2, 0.25) is 0 Å². The highest BCUT2D eigenvalue weighted by Crippen LogP contribution is 2.10. The minimum Gasteiger partial charge on any atom is -0.392 e. The van der Waals surface area contributed by atoms with Crippen LogP contribution in [0, 0.1) is 0 Å². The molecule has 20 heavy (non-hydrogen) atoms. The quantitative estimate of drug-likeness (QED) is 0.718.